The molecule has 0 saturated heterocycles. The molecular weight excluding hydrogens is 508 g/mol. The first-order chi connectivity index (χ1) is 19.4. The second-order valence-corrected chi connectivity index (χ2v) is 9.42. The van der Waals surface area contributed by atoms with Gasteiger partial charge < -0.3 is 18.9 Å². The van der Waals surface area contributed by atoms with Crippen molar-refractivity contribution in [2.45, 2.75) is 53.0 Å². The molecule has 0 aliphatic carbocycles. The SMILES string of the molecule is CCCC/C(=N\OC)C(=O)c1ccc2c(c1)c1cc(C(=O)c3ccc(OC(=O)OCCC)cc3)ccc1n2CC. The third kappa shape index (κ3) is 6.06. The lowest BCUT2D eigenvalue weighted by atomic mass is 9.99. The Bertz CT molecular complexity index is 1570. The summed E-state index contributed by atoms with van der Waals surface area (Å²) in [4.78, 5) is 43.3. The fraction of sp³-hybridized carbons (Fsp3) is 0.312. The summed E-state index contributed by atoms with van der Waals surface area (Å²) in [5.74, 6) is -0.0323. The summed E-state index contributed by atoms with van der Waals surface area (Å²) >= 11 is 0. The van der Waals surface area contributed by atoms with Gasteiger partial charge in [0.2, 0.25) is 5.78 Å². The molecule has 0 aliphatic rings. The molecule has 0 bridgehead atoms. The molecule has 0 fully saturated rings. The highest BCUT2D eigenvalue weighted by atomic mass is 16.7. The van der Waals surface area contributed by atoms with E-state index in [-0.39, 0.29) is 18.2 Å². The van der Waals surface area contributed by atoms with Crippen molar-refractivity contribution < 1.29 is 28.7 Å². The predicted octanol–water partition coefficient (Wildman–Crippen LogP) is 7.35. The van der Waals surface area contributed by atoms with Crippen molar-refractivity contribution in [2.75, 3.05) is 13.7 Å². The standard InChI is InChI=1S/C32H34N2O6/c1-5-8-9-27(33-38-4)31(36)23-13-17-29-26(20-23)25-19-22(12-16-28(25)34(29)7-3)30(35)21-10-14-24(15-11-21)40-32(37)39-18-6-2/h10-17,19-20H,5-9,18H2,1-4H3/b33-27+. The molecule has 0 N–H and O–H groups in total. The van der Waals surface area contributed by atoms with Crippen LogP contribution in [0, 0.1) is 0 Å². The number of Topliss-reactive ketones (excluding diaryl/α,β-unsaturated/α-hetero) is 1. The van der Waals surface area contributed by atoms with Gasteiger partial charge in [-0.15, -0.1) is 0 Å². The average molecular weight is 543 g/mol. The van der Waals surface area contributed by atoms with Gasteiger partial charge in [-0.25, -0.2) is 4.79 Å². The van der Waals surface area contributed by atoms with Crippen LogP contribution in [0.15, 0.2) is 65.8 Å². The normalized spacial score (nSPS) is 11.6. The number of oxime groups is 1. The zero-order valence-corrected chi connectivity index (χ0v) is 23.4. The Kier molecular flexibility index (Phi) is 9.32. The zero-order valence-electron chi connectivity index (χ0n) is 23.4. The number of aromatic nitrogens is 1. The Morgan fingerprint density at radius 3 is 2.02 bits per heavy atom. The zero-order chi connectivity index (χ0) is 28.6. The van der Waals surface area contributed by atoms with Crippen molar-refractivity contribution >= 4 is 45.2 Å². The largest absolute Gasteiger partial charge is 0.513 e. The highest BCUT2D eigenvalue weighted by molar-refractivity contribution is 6.46. The lowest BCUT2D eigenvalue weighted by Gasteiger charge is -2.07. The molecule has 0 unspecified atom stereocenters. The number of carbonyl (C=O) groups excluding carboxylic acids is 3. The first-order valence-corrected chi connectivity index (χ1v) is 13.6. The van der Waals surface area contributed by atoms with Crippen LogP contribution in [0.4, 0.5) is 4.79 Å². The van der Waals surface area contributed by atoms with E-state index in [9.17, 15) is 14.4 Å². The van der Waals surface area contributed by atoms with Gasteiger partial charge in [-0.05, 0) is 86.8 Å². The molecule has 208 valence electrons. The van der Waals surface area contributed by atoms with E-state index in [1.165, 1.54) is 7.11 Å². The van der Waals surface area contributed by atoms with E-state index in [2.05, 4.69) is 23.6 Å². The maximum absolute atomic E-state index is 13.4. The molecular formula is C32H34N2O6. The van der Waals surface area contributed by atoms with Gasteiger partial charge in [0, 0.05) is 45.0 Å². The van der Waals surface area contributed by atoms with Crippen LogP contribution in [0.25, 0.3) is 21.8 Å². The Morgan fingerprint density at radius 2 is 1.43 bits per heavy atom. The average Bonchev–Trinajstić information content (AvgIpc) is 3.30. The number of ether oxygens (including phenoxy) is 2. The van der Waals surface area contributed by atoms with Crippen LogP contribution in [0.2, 0.25) is 0 Å². The van der Waals surface area contributed by atoms with E-state index in [1.54, 1.807) is 24.3 Å². The van der Waals surface area contributed by atoms with Gasteiger partial charge in [-0.1, -0.05) is 25.4 Å². The van der Waals surface area contributed by atoms with Crippen molar-refractivity contribution in [1.29, 1.82) is 0 Å². The molecule has 3 aromatic carbocycles. The number of unbranched alkanes of at least 4 members (excludes halogenated alkanes) is 1. The molecule has 8 nitrogen and oxygen atoms in total. The van der Waals surface area contributed by atoms with E-state index in [1.807, 2.05) is 43.3 Å². The minimum absolute atomic E-state index is 0.164. The topological polar surface area (TPSA) is 96.2 Å². The van der Waals surface area contributed by atoms with Crippen molar-refractivity contribution in [3.8, 4) is 5.75 Å². The number of hydrogen-bond donors (Lipinski definition) is 0. The van der Waals surface area contributed by atoms with Crippen LogP contribution in [0.3, 0.4) is 0 Å². The highest BCUT2D eigenvalue weighted by Gasteiger charge is 2.19. The summed E-state index contributed by atoms with van der Waals surface area (Å²) in [6.07, 6.45) is 2.25. The third-order valence-electron chi connectivity index (χ3n) is 6.68. The quantitative estimate of drug-likeness (QED) is 0.0611. The van der Waals surface area contributed by atoms with Gasteiger partial charge in [-0.3, -0.25) is 9.59 Å². The lowest BCUT2D eigenvalue weighted by Crippen LogP contribution is -2.15. The number of fused-ring (bicyclic) bond motifs is 3. The van der Waals surface area contributed by atoms with Gasteiger partial charge in [0.15, 0.2) is 5.78 Å². The number of hydrogen-bond acceptors (Lipinski definition) is 7. The maximum Gasteiger partial charge on any atom is 0.513 e. The molecule has 1 aromatic heterocycles. The van der Waals surface area contributed by atoms with E-state index < -0.39 is 6.16 Å². The van der Waals surface area contributed by atoms with E-state index in [0.717, 1.165) is 41.2 Å². The summed E-state index contributed by atoms with van der Waals surface area (Å²) in [5.41, 5.74) is 3.85. The van der Waals surface area contributed by atoms with Crippen molar-refractivity contribution in [2.24, 2.45) is 5.16 Å². The number of aryl methyl sites for hydroxylation is 1. The minimum atomic E-state index is -0.775. The summed E-state index contributed by atoms with van der Waals surface area (Å²) in [7, 11) is 1.44. The fourth-order valence-electron chi connectivity index (χ4n) is 4.70. The van der Waals surface area contributed by atoms with Crippen LogP contribution >= 0.6 is 0 Å². The van der Waals surface area contributed by atoms with E-state index in [0.29, 0.717) is 41.0 Å². The number of rotatable bonds is 12. The first-order valence-electron chi connectivity index (χ1n) is 13.6. The number of carbonyl (C=O) groups is 3. The number of nitrogens with zero attached hydrogens (tertiary/aromatic N) is 2. The summed E-state index contributed by atoms with van der Waals surface area (Å²) in [6.45, 7) is 7.03. The van der Waals surface area contributed by atoms with Crippen LogP contribution in [0.5, 0.6) is 5.75 Å². The number of benzene rings is 3. The summed E-state index contributed by atoms with van der Waals surface area (Å²) in [6, 6.07) is 17.6. The molecule has 4 aromatic rings. The number of ketones is 2. The Morgan fingerprint density at radius 1 is 0.800 bits per heavy atom. The molecule has 0 amide bonds. The molecule has 4 rings (SSSR count). The van der Waals surface area contributed by atoms with Crippen LogP contribution in [-0.4, -0.2) is 41.7 Å². The van der Waals surface area contributed by atoms with Crippen LogP contribution < -0.4 is 4.74 Å². The first kappa shape index (κ1) is 28.5. The molecule has 0 atom stereocenters. The fourth-order valence-corrected chi connectivity index (χ4v) is 4.70. The monoisotopic (exact) mass is 542 g/mol. The van der Waals surface area contributed by atoms with E-state index >= 15 is 0 Å². The van der Waals surface area contributed by atoms with Gasteiger partial charge in [0.05, 0.1) is 6.61 Å². The van der Waals surface area contributed by atoms with Crippen molar-refractivity contribution in [1.82, 2.24) is 4.57 Å². The molecule has 0 saturated carbocycles. The highest BCUT2D eigenvalue weighted by Crippen LogP contribution is 2.32. The second-order valence-electron chi connectivity index (χ2n) is 9.42. The van der Waals surface area contributed by atoms with Gasteiger partial charge in [0.25, 0.3) is 0 Å². The van der Waals surface area contributed by atoms with Crippen molar-refractivity contribution in [3.63, 3.8) is 0 Å². The Hall–Kier alpha value is -4.46. The summed E-state index contributed by atoms with van der Waals surface area (Å²) < 4.78 is 12.2. The molecule has 8 heteroatoms. The Balaban J connectivity index is 1.68. The summed E-state index contributed by atoms with van der Waals surface area (Å²) in [5, 5.41) is 5.76. The van der Waals surface area contributed by atoms with Gasteiger partial charge in [0.1, 0.15) is 18.6 Å². The van der Waals surface area contributed by atoms with E-state index in [4.69, 9.17) is 14.3 Å². The predicted molar refractivity (Wildman–Crippen MR) is 156 cm³/mol. The maximum atomic E-state index is 13.4. The van der Waals surface area contributed by atoms with Gasteiger partial charge >= 0.3 is 6.16 Å². The van der Waals surface area contributed by atoms with Crippen LogP contribution in [0.1, 0.15) is 72.7 Å². The van der Waals surface area contributed by atoms with Crippen molar-refractivity contribution in [3.05, 3.63) is 77.4 Å². The second kappa shape index (κ2) is 13.1. The molecule has 0 spiro atoms. The van der Waals surface area contributed by atoms with Crippen LogP contribution in [-0.2, 0) is 16.1 Å². The molecule has 0 radical (unpaired) electrons. The molecule has 40 heavy (non-hydrogen) atoms. The third-order valence-corrected chi connectivity index (χ3v) is 6.68. The lowest BCUT2D eigenvalue weighted by molar-refractivity contribution is 0.0990. The Labute approximate surface area is 233 Å². The molecule has 0 aliphatic heterocycles. The molecule has 1 heterocycles. The van der Waals surface area contributed by atoms with Gasteiger partial charge in [-0.2, -0.15) is 0 Å². The smallest absolute Gasteiger partial charge is 0.434 e. The minimum Gasteiger partial charge on any atom is -0.434 e.